The highest BCUT2D eigenvalue weighted by Crippen LogP contribution is 2.13. The second-order valence-electron chi connectivity index (χ2n) is 7.33. The third-order valence-corrected chi connectivity index (χ3v) is 5.00. The van der Waals surface area contributed by atoms with Gasteiger partial charge in [-0.15, -0.1) is 24.0 Å². The molecule has 0 aliphatic carbocycles. The Bertz CT molecular complexity index is 706. The lowest BCUT2D eigenvalue weighted by atomic mass is 10.1. The van der Waals surface area contributed by atoms with Crippen molar-refractivity contribution in [3.8, 4) is 0 Å². The number of hydrogen-bond acceptors (Lipinski definition) is 5. The number of carbonyl (C=O) groups is 1. The zero-order valence-corrected chi connectivity index (χ0v) is 20.7. The van der Waals surface area contributed by atoms with Gasteiger partial charge in [0.1, 0.15) is 0 Å². The van der Waals surface area contributed by atoms with Crippen molar-refractivity contribution in [2.24, 2.45) is 4.99 Å². The summed E-state index contributed by atoms with van der Waals surface area (Å²) >= 11 is 0. The van der Waals surface area contributed by atoms with E-state index in [2.05, 4.69) is 22.5 Å². The first kappa shape index (κ1) is 26.9. The number of piperidine rings is 1. The van der Waals surface area contributed by atoms with Gasteiger partial charge in [0, 0.05) is 37.8 Å². The van der Waals surface area contributed by atoms with E-state index in [4.69, 9.17) is 4.74 Å². The molecule has 1 aromatic carbocycles. The number of guanidine groups is 1. The molecular weight excluding hydrogens is 513 g/mol. The first-order valence-electron chi connectivity index (χ1n) is 10.7. The van der Waals surface area contributed by atoms with Crippen LogP contribution in [0, 0.1) is 10.1 Å². The molecule has 0 radical (unpaired) electrons. The van der Waals surface area contributed by atoms with E-state index in [1.54, 1.807) is 17.0 Å². The topological polar surface area (TPSA) is 109 Å². The van der Waals surface area contributed by atoms with Gasteiger partial charge in [-0.1, -0.05) is 31.9 Å². The highest BCUT2D eigenvalue weighted by Gasteiger charge is 2.24. The SMILES string of the molecule is CCCCCNC(=NCc1ccc([N+](=O)[O-])cc1)NC1CCN(C(=O)OCC)CC1.I. The molecule has 1 saturated heterocycles. The average Bonchev–Trinajstić information content (AvgIpc) is 2.75. The second kappa shape index (κ2) is 14.8. The van der Waals surface area contributed by atoms with Crippen molar-refractivity contribution in [3.05, 3.63) is 39.9 Å². The minimum absolute atomic E-state index is 0. The van der Waals surface area contributed by atoms with Gasteiger partial charge in [0.05, 0.1) is 18.1 Å². The van der Waals surface area contributed by atoms with Gasteiger partial charge in [0.2, 0.25) is 0 Å². The first-order valence-corrected chi connectivity index (χ1v) is 10.7. The predicted molar refractivity (Wildman–Crippen MR) is 132 cm³/mol. The number of non-ortho nitro benzene ring substituents is 1. The fourth-order valence-corrected chi connectivity index (χ4v) is 3.24. The van der Waals surface area contributed by atoms with E-state index in [9.17, 15) is 14.9 Å². The number of ether oxygens (including phenoxy) is 1. The molecule has 1 aliphatic rings. The number of amides is 1. The number of nitrogens with zero attached hydrogens (tertiary/aromatic N) is 3. The van der Waals surface area contributed by atoms with Crippen molar-refractivity contribution in [3.63, 3.8) is 0 Å². The number of unbranched alkanes of at least 4 members (excludes halogenated alkanes) is 2. The summed E-state index contributed by atoms with van der Waals surface area (Å²) in [5.74, 6) is 0.735. The molecule has 0 bridgehead atoms. The van der Waals surface area contributed by atoms with E-state index in [0.29, 0.717) is 26.2 Å². The van der Waals surface area contributed by atoms with Crippen molar-refractivity contribution in [2.45, 2.75) is 58.5 Å². The van der Waals surface area contributed by atoms with Crippen LogP contribution in [0.1, 0.15) is 51.5 Å². The number of benzene rings is 1. The molecule has 31 heavy (non-hydrogen) atoms. The molecule has 0 atom stereocenters. The van der Waals surface area contributed by atoms with Gasteiger partial charge in [-0.3, -0.25) is 10.1 Å². The summed E-state index contributed by atoms with van der Waals surface area (Å²) in [6.07, 6.45) is 4.77. The summed E-state index contributed by atoms with van der Waals surface area (Å²) in [6.45, 7) is 6.94. The molecule has 0 aromatic heterocycles. The van der Waals surface area contributed by atoms with E-state index in [-0.39, 0.29) is 41.8 Å². The third-order valence-electron chi connectivity index (χ3n) is 5.00. The lowest BCUT2D eigenvalue weighted by Gasteiger charge is -2.32. The van der Waals surface area contributed by atoms with E-state index in [1.807, 2.05) is 6.92 Å². The summed E-state index contributed by atoms with van der Waals surface area (Å²) in [4.78, 5) is 28.7. The number of likely N-dealkylation sites (tertiary alicyclic amines) is 1. The Morgan fingerprint density at radius 1 is 1.23 bits per heavy atom. The molecule has 1 heterocycles. The Morgan fingerprint density at radius 2 is 1.90 bits per heavy atom. The van der Waals surface area contributed by atoms with Crippen LogP contribution in [0.5, 0.6) is 0 Å². The van der Waals surface area contributed by atoms with Crippen LogP contribution in [0.4, 0.5) is 10.5 Å². The minimum atomic E-state index is -0.405. The van der Waals surface area contributed by atoms with Crippen molar-refractivity contribution < 1.29 is 14.5 Å². The normalized spacial score (nSPS) is 14.5. The molecule has 10 heteroatoms. The summed E-state index contributed by atoms with van der Waals surface area (Å²) in [5.41, 5.74) is 0.986. The van der Waals surface area contributed by atoms with Gasteiger partial charge < -0.3 is 20.3 Å². The monoisotopic (exact) mass is 547 g/mol. The fourth-order valence-electron chi connectivity index (χ4n) is 3.24. The zero-order valence-electron chi connectivity index (χ0n) is 18.3. The standard InChI is InChI=1S/C21H33N5O4.HI/c1-3-5-6-13-22-20(23-16-17-7-9-19(10-8-17)26(28)29)24-18-11-14-25(15-12-18)21(27)30-4-2;/h7-10,18H,3-6,11-16H2,1-2H3,(H2,22,23,24);1H. The van der Waals surface area contributed by atoms with Crippen LogP contribution < -0.4 is 10.6 Å². The quantitative estimate of drug-likeness (QED) is 0.121. The summed E-state index contributed by atoms with van der Waals surface area (Å²) in [7, 11) is 0. The van der Waals surface area contributed by atoms with Gasteiger partial charge in [-0.05, 0) is 31.7 Å². The average molecular weight is 547 g/mol. The fraction of sp³-hybridized carbons (Fsp3) is 0.619. The van der Waals surface area contributed by atoms with Crippen LogP contribution in [0.2, 0.25) is 0 Å². The van der Waals surface area contributed by atoms with Crippen LogP contribution in [-0.4, -0.2) is 54.2 Å². The van der Waals surface area contributed by atoms with Crippen LogP contribution in [-0.2, 0) is 11.3 Å². The largest absolute Gasteiger partial charge is 0.450 e. The van der Waals surface area contributed by atoms with E-state index < -0.39 is 4.92 Å². The highest BCUT2D eigenvalue weighted by molar-refractivity contribution is 14.0. The van der Waals surface area contributed by atoms with Gasteiger partial charge in [-0.2, -0.15) is 0 Å². The Balaban J connectivity index is 0.00000480. The van der Waals surface area contributed by atoms with Crippen molar-refractivity contribution in [1.29, 1.82) is 0 Å². The molecule has 0 saturated carbocycles. The van der Waals surface area contributed by atoms with Gasteiger partial charge in [0.15, 0.2) is 5.96 Å². The molecule has 1 aliphatic heterocycles. The maximum absolute atomic E-state index is 11.9. The third kappa shape index (κ3) is 9.70. The minimum Gasteiger partial charge on any atom is -0.450 e. The van der Waals surface area contributed by atoms with Gasteiger partial charge in [0.25, 0.3) is 5.69 Å². The molecule has 2 N–H and O–H groups in total. The number of nitro groups is 1. The summed E-state index contributed by atoms with van der Waals surface area (Å²) in [5, 5.41) is 17.7. The summed E-state index contributed by atoms with van der Waals surface area (Å²) in [6, 6.07) is 6.68. The van der Waals surface area contributed by atoms with E-state index >= 15 is 0 Å². The van der Waals surface area contributed by atoms with Gasteiger partial charge in [-0.25, -0.2) is 9.79 Å². The lowest BCUT2D eigenvalue weighted by molar-refractivity contribution is -0.384. The number of carbonyl (C=O) groups excluding carboxylic acids is 1. The lowest BCUT2D eigenvalue weighted by Crippen LogP contribution is -2.50. The first-order chi connectivity index (χ1) is 14.5. The molecule has 1 fully saturated rings. The van der Waals surface area contributed by atoms with Crippen LogP contribution in [0.3, 0.4) is 0 Å². The molecule has 2 rings (SSSR count). The van der Waals surface area contributed by atoms with E-state index in [1.165, 1.54) is 12.1 Å². The van der Waals surface area contributed by atoms with Crippen LogP contribution in [0.25, 0.3) is 0 Å². The number of rotatable bonds is 9. The summed E-state index contributed by atoms with van der Waals surface area (Å²) < 4.78 is 5.07. The maximum Gasteiger partial charge on any atom is 0.409 e. The molecule has 174 valence electrons. The molecular formula is C21H34IN5O4. The molecule has 1 aromatic rings. The van der Waals surface area contributed by atoms with Gasteiger partial charge >= 0.3 is 6.09 Å². The number of halogens is 1. The molecule has 9 nitrogen and oxygen atoms in total. The highest BCUT2D eigenvalue weighted by atomic mass is 127. The van der Waals surface area contributed by atoms with Crippen LogP contribution in [0.15, 0.2) is 29.3 Å². The van der Waals surface area contributed by atoms with E-state index in [0.717, 1.165) is 50.2 Å². The smallest absolute Gasteiger partial charge is 0.409 e. The Labute approximate surface area is 201 Å². The Hall–Kier alpha value is -2.11. The van der Waals surface area contributed by atoms with Crippen LogP contribution >= 0.6 is 24.0 Å². The second-order valence-corrected chi connectivity index (χ2v) is 7.33. The number of aliphatic imine (C=N–C) groups is 1. The zero-order chi connectivity index (χ0) is 21.8. The molecule has 0 spiro atoms. The number of nitrogens with one attached hydrogen (secondary N) is 2. The molecule has 0 unspecified atom stereocenters. The van der Waals surface area contributed by atoms with Crippen molar-refractivity contribution >= 4 is 41.7 Å². The number of hydrogen-bond donors (Lipinski definition) is 2. The Morgan fingerprint density at radius 3 is 2.48 bits per heavy atom. The maximum atomic E-state index is 11.9. The molecule has 1 amide bonds. The Kier molecular flexibility index (Phi) is 12.9. The van der Waals surface area contributed by atoms with Crippen molar-refractivity contribution in [1.82, 2.24) is 15.5 Å². The number of nitro benzene ring substituents is 1. The van der Waals surface area contributed by atoms with Crippen molar-refractivity contribution in [2.75, 3.05) is 26.2 Å². The predicted octanol–water partition coefficient (Wildman–Crippen LogP) is 4.06.